The maximum atomic E-state index is 13.4. The summed E-state index contributed by atoms with van der Waals surface area (Å²) in [5.74, 6) is -1.55. The van der Waals surface area contributed by atoms with Crippen molar-refractivity contribution in [2.45, 2.75) is 42.6 Å². The first-order chi connectivity index (χ1) is 13.5. The van der Waals surface area contributed by atoms with Crippen LogP contribution in [0.1, 0.15) is 53.2 Å². The fourth-order valence-electron chi connectivity index (χ4n) is 3.94. The standard InChI is InChI=1S/C19H27N3O6S/c1-5-10-28-12-18(2,3)29(26,27)19(7-8-19)11-22-9-6-13-14(17(24)25)20-21(4)15(13)16(22)23/h5H,1,6-12H2,2-4H3,(H,24,25). The summed E-state index contributed by atoms with van der Waals surface area (Å²) in [5, 5.41) is 13.2. The van der Waals surface area contributed by atoms with Crippen LogP contribution in [-0.2, 0) is 28.0 Å². The molecule has 1 aromatic heterocycles. The van der Waals surface area contributed by atoms with Crippen LogP contribution in [0, 0.1) is 0 Å². The van der Waals surface area contributed by atoms with Crippen molar-refractivity contribution >= 4 is 21.7 Å². The number of fused-ring (bicyclic) bond motifs is 1. The summed E-state index contributed by atoms with van der Waals surface area (Å²) < 4.78 is 31.4. The van der Waals surface area contributed by atoms with Crippen molar-refractivity contribution in [2.75, 3.05) is 26.3 Å². The lowest BCUT2D eigenvalue weighted by atomic mass is 10.0. The van der Waals surface area contributed by atoms with Gasteiger partial charge in [0.1, 0.15) is 5.69 Å². The van der Waals surface area contributed by atoms with Crippen molar-refractivity contribution in [3.05, 3.63) is 29.6 Å². The third-order valence-corrected chi connectivity index (χ3v) is 8.99. The topological polar surface area (TPSA) is 119 Å². The van der Waals surface area contributed by atoms with Gasteiger partial charge >= 0.3 is 5.97 Å². The molecule has 0 aromatic carbocycles. The van der Waals surface area contributed by atoms with Crippen molar-refractivity contribution in [3.8, 4) is 0 Å². The zero-order valence-corrected chi connectivity index (χ0v) is 17.8. The molecule has 9 nitrogen and oxygen atoms in total. The Kier molecular flexibility index (Phi) is 5.37. The Labute approximate surface area is 170 Å². The molecule has 0 unspecified atom stereocenters. The molecule has 29 heavy (non-hydrogen) atoms. The van der Waals surface area contributed by atoms with Crippen molar-refractivity contribution in [1.29, 1.82) is 0 Å². The summed E-state index contributed by atoms with van der Waals surface area (Å²) in [6, 6.07) is 0. The number of sulfone groups is 1. The van der Waals surface area contributed by atoms with Gasteiger partial charge in [-0.2, -0.15) is 5.10 Å². The van der Waals surface area contributed by atoms with E-state index < -0.39 is 25.3 Å². The Bertz CT molecular complexity index is 959. The zero-order chi connectivity index (χ0) is 21.6. The van der Waals surface area contributed by atoms with E-state index in [0.717, 1.165) is 0 Å². The average molecular weight is 426 g/mol. The Morgan fingerprint density at radius 2 is 2.07 bits per heavy atom. The highest BCUT2D eigenvalue weighted by atomic mass is 32.2. The molecule has 1 saturated carbocycles. The maximum absolute atomic E-state index is 13.4. The van der Waals surface area contributed by atoms with Crippen molar-refractivity contribution in [3.63, 3.8) is 0 Å². The van der Waals surface area contributed by atoms with Crippen LogP contribution in [0.15, 0.2) is 12.7 Å². The first-order valence-electron chi connectivity index (χ1n) is 9.49. The second kappa shape index (κ2) is 7.24. The maximum Gasteiger partial charge on any atom is 0.356 e. The fraction of sp³-hybridized carbons (Fsp3) is 0.632. The number of aromatic carboxylic acids is 1. The molecule has 10 heteroatoms. The lowest BCUT2D eigenvalue weighted by Crippen LogP contribution is -2.51. The molecule has 1 amide bonds. The summed E-state index contributed by atoms with van der Waals surface area (Å²) in [6.45, 7) is 7.52. The summed E-state index contributed by atoms with van der Waals surface area (Å²) in [4.78, 5) is 25.9. The van der Waals surface area contributed by atoms with Crippen molar-refractivity contribution in [2.24, 2.45) is 7.05 Å². The van der Waals surface area contributed by atoms with Gasteiger partial charge in [-0.15, -0.1) is 6.58 Å². The second-order valence-electron chi connectivity index (χ2n) is 8.33. The SMILES string of the molecule is C=CCOCC(C)(C)S(=O)(=O)C1(CN2CCc3c(C(=O)O)nn(C)c3C2=O)CC1. The van der Waals surface area contributed by atoms with E-state index in [0.29, 0.717) is 24.8 Å². The number of ether oxygens (including phenoxy) is 1. The number of rotatable bonds is 9. The van der Waals surface area contributed by atoms with E-state index in [1.165, 1.54) is 16.6 Å². The molecule has 2 heterocycles. The molecule has 0 atom stereocenters. The van der Waals surface area contributed by atoms with Gasteiger partial charge in [-0.3, -0.25) is 9.48 Å². The van der Waals surface area contributed by atoms with Crippen LogP contribution in [-0.4, -0.2) is 75.9 Å². The van der Waals surface area contributed by atoms with E-state index in [1.807, 2.05) is 0 Å². The molecule has 1 fully saturated rings. The monoisotopic (exact) mass is 425 g/mol. The predicted octanol–water partition coefficient (Wildman–Crippen LogP) is 1.05. The van der Waals surface area contributed by atoms with E-state index in [4.69, 9.17) is 4.74 Å². The third kappa shape index (κ3) is 3.48. The van der Waals surface area contributed by atoms with Gasteiger partial charge in [-0.05, 0) is 33.1 Å². The van der Waals surface area contributed by atoms with Crippen LogP contribution < -0.4 is 0 Å². The predicted molar refractivity (Wildman–Crippen MR) is 106 cm³/mol. The van der Waals surface area contributed by atoms with E-state index >= 15 is 0 Å². The highest BCUT2D eigenvalue weighted by Gasteiger charge is 2.61. The van der Waals surface area contributed by atoms with Gasteiger partial charge in [0.05, 0.1) is 22.7 Å². The summed E-state index contributed by atoms with van der Waals surface area (Å²) in [7, 11) is -2.07. The minimum absolute atomic E-state index is 0.0465. The van der Waals surface area contributed by atoms with Gasteiger partial charge < -0.3 is 14.7 Å². The van der Waals surface area contributed by atoms with Crippen LogP contribution in [0.25, 0.3) is 0 Å². The number of carbonyl (C=O) groups is 2. The lowest BCUT2D eigenvalue weighted by Gasteiger charge is -2.35. The van der Waals surface area contributed by atoms with Gasteiger partial charge in [0, 0.05) is 25.7 Å². The Morgan fingerprint density at radius 1 is 1.41 bits per heavy atom. The van der Waals surface area contributed by atoms with Gasteiger partial charge in [0.15, 0.2) is 15.5 Å². The first-order valence-corrected chi connectivity index (χ1v) is 11.0. The number of hydrogen-bond acceptors (Lipinski definition) is 6. The van der Waals surface area contributed by atoms with E-state index in [1.54, 1.807) is 19.9 Å². The normalized spacial score (nSPS) is 18.4. The number of carboxylic acid groups (broad SMARTS) is 1. The Hall–Kier alpha value is -2.20. The first kappa shape index (κ1) is 21.5. The largest absolute Gasteiger partial charge is 0.476 e. The van der Waals surface area contributed by atoms with Crippen LogP contribution in [0.5, 0.6) is 0 Å². The molecule has 2 aliphatic rings. The highest BCUT2D eigenvalue weighted by molar-refractivity contribution is 7.94. The molecule has 1 aliphatic carbocycles. The van der Waals surface area contributed by atoms with Crippen molar-refractivity contribution < 1.29 is 27.9 Å². The fourth-order valence-corrected chi connectivity index (χ4v) is 6.32. The summed E-state index contributed by atoms with van der Waals surface area (Å²) >= 11 is 0. The number of carbonyl (C=O) groups excluding carboxylic acids is 1. The molecule has 160 valence electrons. The molecular weight excluding hydrogens is 398 g/mol. The van der Waals surface area contributed by atoms with E-state index in [-0.39, 0.29) is 43.6 Å². The smallest absolute Gasteiger partial charge is 0.356 e. The molecule has 0 bridgehead atoms. The lowest BCUT2D eigenvalue weighted by molar-refractivity contribution is 0.0688. The molecule has 3 rings (SSSR count). The van der Waals surface area contributed by atoms with Gasteiger partial charge in [-0.1, -0.05) is 6.08 Å². The number of hydrogen-bond donors (Lipinski definition) is 1. The average Bonchev–Trinajstić information content (AvgIpc) is 3.34. The molecule has 1 N–H and O–H groups in total. The molecule has 0 spiro atoms. The van der Waals surface area contributed by atoms with E-state index in [2.05, 4.69) is 11.7 Å². The van der Waals surface area contributed by atoms with Gasteiger partial charge in [-0.25, -0.2) is 13.2 Å². The number of nitrogens with zero attached hydrogens (tertiary/aromatic N) is 3. The second-order valence-corrected chi connectivity index (χ2v) is 11.3. The highest BCUT2D eigenvalue weighted by Crippen LogP contribution is 2.49. The zero-order valence-electron chi connectivity index (χ0n) is 17.0. The van der Waals surface area contributed by atoms with Gasteiger partial charge in [0.25, 0.3) is 5.91 Å². The van der Waals surface area contributed by atoms with Crippen LogP contribution in [0.4, 0.5) is 0 Å². The molecular formula is C19H27N3O6S. The third-order valence-electron chi connectivity index (χ3n) is 5.74. The molecule has 0 radical (unpaired) electrons. The summed E-state index contributed by atoms with van der Waals surface area (Å²) in [5.41, 5.74) is 0.507. The minimum atomic E-state index is -3.60. The molecule has 0 saturated heterocycles. The van der Waals surface area contributed by atoms with Gasteiger partial charge in [0.2, 0.25) is 0 Å². The molecule has 1 aromatic rings. The Morgan fingerprint density at radius 3 is 2.62 bits per heavy atom. The quantitative estimate of drug-likeness (QED) is 0.464. The van der Waals surface area contributed by atoms with E-state index in [9.17, 15) is 23.1 Å². The minimum Gasteiger partial charge on any atom is -0.476 e. The molecule has 1 aliphatic heterocycles. The number of aromatic nitrogens is 2. The summed E-state index contributed by atoms with van der Waals surface area (Å²) in [6.07, 6.45) is 2.88. The van der Waals surface area contributed by atoms with Crippen LogP contribution in [0.2, 0.25) is 0 Å². The number of aryl methyl sites for hydroxylation is 1. The number of carboxylic acids is 1. The number of amides is 1. The Balaban J connectivity index is 1.82. The van der Waals surface area contributed by atoms with Crippen LogP contribution in [0.3, 0.4) is 0 Å². The van der Waals surface area contributed by atoms with Crippen molar-refractivity contribution in [1.82, 2.24) is 14.7 Å². The van der Waals surface area contributed by atoms with Crippen LogP contribution >= 0.6 is 0 Å².